The predicted octanol–water partition coefficient (Wildman–Crippen LogP) is 6.54. The minimum Gasteiger partial charge on any atom is -0.456 e. The lowest BCUT2D eigenvalue weighted by Gasteiger charge is -2.22. The van der Waals surface area contributed by atoms with Gasteiger partial charge < -0.3 is 18.9 Å². The highest BCUT2D eigenvalue weighted by molar-refractivity contribution is 5.96. The molecular weight excluding hydrogens is 466 g/mol. The first kappa shape index (κ1) is 24.3. The monoisotopic (exact) mass is 495 g/mol. The molecule has 0 amide bonds. The molecule has 3 aromatic heterocycles. The van der Waals surface area contributed by atoms with Gasteiger partial charge in [0.15, 0.2) is 5.43 Å². The lowest BCUT2D eigenvalue weighted by molar-refractivity contribution is 0.00706. The van der Waals surface area contributed by atoms with Gasteiger partial charge in [-0.1, -0.05) is 18.2 Å². The van der Waals surface area contributed by atoms with Crippen LogP contribution in [-0.4, -0.2) is 21.0 Å². The summed E-state index contributed by atoms with van der Waals surface area (Å²) in [7, 11) is 0. The molecular formula is C30H29N3O4. The number of esters is 1. The van der Waals surface area contributed by atoms with Gasteiger partial charge in [-0.15, -0.1) is 0 Å². The molecule has 3 heterocycles. The number of carbonyl (C=O) groups excluding carboxylic acids is 1. The zero-order chi connectivity index (χ0) is 26.3. The number of hydrogen-bond acceptors (Lipinski definition) is 6. The summed E-state index contributed by atoms with van der Waals surface area (Å²) >= 11 is 0. The summed E-state index contributed by atoms with van der Waals surface area (Å²) in [5, 5.41) is 3.95. The van der Waals surface area contributed by atoms with E-state index in [0.717, 1.165) is 22.3 Å². The number of hydrogen-bond donors (Lipinski definition) is 1. The van der Waals surface area contributed by atoms with E-state index in [2.05, 4.69) is 10.3 Å². The average molecular weight is 496 g/mol. The maximum atomic E-state index is 13.2. The minimum absolute atomic E-state index is 0.120. The van der Waals surface area contributed by atoms with Crippen LogP contribution in [0.5, 0.6) is 0 Å². The Morgan fingerprint density at radius 3 is 2.65 bits per heavy atom. The Morgan fingerprint density at radius 2 is 1.86 bits per heavy atom. The molecule has 0 saturated heterocycles. The fourth-order valence-electron chi connectivity index (χ4n) is 4.39. The average Bonchev–Trinajstić information content (AvgIpc) is 3.31. The minimum atomic E-state index is -0.609. The first-order valence-electron chi connectivity index (χ1n) is 12.2. The summed E-state index contributed by atoms with van der Waals surface area (Å²) < 4.78 is 13.9. The predicted molar refractivity (Wildman–Crippen MR) is 145 cm³/mol. The molecule has 1 unspecified atom stereocenters. The van der Waals surface area contributed by atoms with Crippen molar-refractivity contribution in [1.82, 2.24) is 9.38 Å². The Kier molecular flexibility index (Phi) is 6.07. The van der Waals surface area contributed by atoms with Gasteiger partial charge in [0.05, 0.1) is 17.0 Å². The molecule has 188 valence electrons. The smallest absolute Gasteiger partial charge is 0.340 e. The lowest BCUT2D eigenvalue weighted by atomic mass is 10.00. The third-order valence-corrected chi connectivity index (χ3v) is 6.07. The van der Waals surface area contributed by atoms with E-state index in [4.69, 9.17) is 9.15 Å². The Morgan fingerprint density at radius 1 is 1.08 bits per heavy atom. The van der Waals surface area contributed by atoms with Crippen LogP contribution in [0.1, 0.15) is 55.2 Å². The van der Waals surface area contributed by atoms with Crippen molar-refractivity contribution in [3.05, 3.63) is 100 Å². The van der Waals surface area contributed by atoms with E-state index in [1.165, 1.54) is 6.07 Å². The first-order valence-corrected chi connectivity index (χ1v) is 12.2. The Bertz CT molecular complexity index is 1690. The van der Waals surface area contributed by atoms with E-state index >= 15 is 0 Å². The number of anilines is 1. The van der Waals surface area contributed by atoms with Crippen molar-refractivity contribution in [1.29, 1.82) is 0 Å². The van der Waals surface area contributed by atoms with Gasteiger partial charge in [-0.3, -0.25) is 4.79 Å². The van der Waals surface area contributed by atoms with Gasteiger partial charge in [0.25, 0.3) is 0 Å². The second-order valence-corrected chi connectivity index (χ2v) is 10.2. The largest absolute Gasteiger partial charge is 0.456 e. The van der Waals surface area contributed by atoms with Crippen molar-refractivity contribution in [3.63, 3.8) is 0 Å². The van der Waals surface area contributed by atoms with E-state index in [1.54, 1.807) is 18.3 Å². The van der Waals surface area contributed by atoms with E-state index in [-0.39, 0.29) is 11.5 Å². The standard InChI is InChI=1S/C30H29N3O4/c1-18-14-22(19(2)32-24-9-7-6-8-21(24)29(35)37-30(3,4)5)28-23(15-18)25(34)17-26(36-28)20-10-12-33-13-11-31-27(33)16-20/h6-17,19,32H,1-5H3. The van der Waals surface area contributed by atoms with Crippen molar-refractivity contribution >= 4 is 28.3 Å². The highest BCUT2D eigenvalue weighted by Crippen LogP contribution is 2.32. The topological polar surface area (TPSA) is 85.8 Å². The Labute approximate surface area is 214 Å². The number of carbonyl (C=O) groups is 1. The summed E-state index contributed by atoms with van der Waals surface area (Å²) in [6.45, 7) is 9.44. The molecule has 5 rings (SSSR count). The number of imidazole rings is 1. The molecule has 7 nitrogen and oxygen atoms in total. The lowest BCUT2D eigenvalue weighted by Crippen LogP contribution is -2.24. The third-order valence-electron chi connectivity index (χ3n) is 6.07. The number of benzene rings is 2. The summed E-state index contributed by atoms with van der Waals surface area (Å²) in [5.41, 5.74) is 4.14. The van der Waals surface area contributed by atoms with Gasteiger partial charge in [0.1, 0.15) is 22.6 Å². The molecule has 1 atom stereocenters. The van der Waals surface area contributed by atoms with Crippen molar-refractivity contribution in [3.8, 4) is 11.3 Å². The van der Waals surface area contributed by atoms with Crippen molar-refractivity contribution in [2.75, 3.05) is 5.32 Å². The molecule has 37 heavy (non-hydrogen) atoms. The molecule has 0 bridgehead atoms. The maximum absolute atomic E-state index is 13.2. The highest BCUT2D eigenvalue weighted by Gasteiger charge is 2.22. The van der Waals surface area contributed by atoms with Gasteiger partial charge in [0.2, 0.25) is 0 Å². The van der Waals surface area contributed by atoms with Gasteiger partial charge >= 0.3 is 5.97 Å². The molecule has 5 aromatic rings. The number of rotatable bonds is 5. The van der Waals surface area contributed by atoms with Crippen LogP contribution in [0.4, 0.5) is 5.69 Å². The molecule has 0 spiro atoms. The number of nitrogens with one attached hydrogen (secondary N) is 1. The molecule has 0 radical (unpaired) electrons. The molecule has 0 aliphatic rings. The van der Waals surface area contributed by atoms with E-state index < -0.39 is 11.6 Å². The molecule has 1 N–H and O–H groups in total. The number of ether oxygens (including phenoxy) is 1. The second kappa shape index (κ2) is 9.24. The van der Waals surface area contributed by atoms with Crippen LogP contribution in [0, 0.1) is 6.92 Å². The maximum Gasteiger partial charge on any atom is 0.340 e. The molecule has 0 aliphatic heterocycles. The van der Waals surface area contributed by atoms with Crippen LogP contribution in [0.2, 0.25) is 0 Å². The SMILES string of the molecule is Cc1cc(C(C)Nc2ccccc2C(=O)OC(C)(C)C)c2oc(-c3ccn4ccnc4c3)cc(=O)c2c1. The van der Waals surface area contributed by atoms with Crippen molar-refractivity contribution in [2.24, 2.45) is 0 Å². The number of para-hydroxylation sites is 1. The van der Waals surface area contributed by atoms with Crippen LogP contribution < -0.4 is 10.7 Å². The first-order chi connectivity index (χ1) is 17.6. The van der Waals surface area contributed by atoms with Crippen LogP contribution in [0.25, 0.3) is 27.9 Å². The van der Waals surface area contributed by atoms with Crippen LogP contribution in [0.15, 0.2) is 82.4 Å². The van der Waals surface area contributed by atoms with E-state index in [1.807, 2.05) is 87.8 Å². The van der Waals surface area contributed by atoms with Gasteiger partial charge in [-0.25, -0.2) is 9.78 Å². The fourth-order valence-corrected chi connectivity index (χ4v) is 4.39. The van der Waals surface area contributed by atoms with E-state index in [9.17, 15) is 9.59 Å². The van der Waals surface area contributed by atoms with Gasteiger partial charge in [0, 0.05) is 41.5 Å². The number of aryl methyl sites for hydroxylation is 1. The van der Waals surface area contributed by atoms with Crippen LogP contribution in [0.3, 0.4) is 0 Å². The zero-order valence-electron chi connectivity index (χ0n) is 21.5. The Hall–Kier alpha value is -4.39. The summed E-state index contributed by atoms with van der Waals surface area (Å²) in [6.07, 6.45) is 5.47. The van der Waals surface area contributed by atoms with Gasteiger partial charge in [-0.05, 0) is 70.5 Å². The second-order valence-electron chi connectivity index (χ2n) is 10.2. The number of fused-ring (bicyclic) bond motifs is 2. The molecule has 0 fully saturated rings. The molecule has 2 aromatic carbocycles. The normalized spacial score (nSPS) is 12.6. The molecule has 0 aliphatic carbocycles. The zero-order valence-corrected chi connectivity index (χ0v) is 21.5. The quantitative estimate of drug-likeness (QED) is 0.279. The number of pyridine rings is 1. The highest BCUT2D eigenvalue weighted by atomic mass is 16.6. The summed E-state index contributed by atoms with van der Waals surface area (Å²) in [4.78, 5) is 30.4. The molecule has 0 saturated carbocycles. The van der Waals surface area contributed by atoms with Gasteiger partial charge in [-0.2, -0.15) is 0 Å². The molecule has 7 heteroatoms. The van der Waals surface area contributed by atoms with Crippen molar-refractivity contribution in [2.45, 2.75) is 46.3 Å². The van der Waals surface area contributed by atoms with Crippen molar-refractivity contribution < 1.29 is 13.9 Å². The third kappa shape index (κ3) is 4.98. The summed E-state index contributed by atoms with van der Waals surface area (Å²) in [5.74, 6) is 0.0644. The van der Waals surface area contributed by atoms with Crippen LogP contribution >= 0.6 is 0 Å². The fraction of sp³-hybridized carbons (Fsp3) is 0.233. The number of aromatic nitrogens is 2. The number of nitrogens with zero attached hydrogens (tertiary/aromatic N) is 2. The Balaban J connectivity index is 1.57. The summed E-state index contributed by atoms with van der Waals surface area (Å²) in [6, 6.07) is 16.1. The van der Waals surface area contributed by atoms with Crippen LogP contribution in [-0.2, 0) is 4.74 Å². The van der Waals surface area contributed by atoms with E-state index in [0.29, 0.717) is 28.0 Å².